The number of hydrogen-bond donors (Lipinski definition) is 1. The lowest BCUT2D eigenvalue weighted by Crippen LogP contribution is -2.53. The van der Waals surface area contributed by atoms with E-state index in [1.54, 1.807) is 28.6 Å². The second-order valence-corrected chi connectivity index (χ2v) is 12.3. The summed E-state index contributed by atoms with van der Waals surface area (Å²) < 4.78 is -0.779. The number of unbranched alkanes of at least 4 members (excludes halogenated alkanes) is 3. The molecule has 37 heavy (non-hydrogen) atoms. The number of anilines is 1. The lowest BCUT2D eigenvalue weighted by Gasteiger charge is -2.35. The predicted molar refractivity (Wildman–Crippen MR) is 146 cm³/mol. The number of amides is 3. The molecule has 3 amide bonds. The first-order chi connectivity index (χ1) is 17.8. The number of aryl methyl sites for hydroxylation is 2. The molecule has 4 aliphatic rings. The van der Waals surface area contributed by atoms with Gasteiger partial charge in [-0.2, -0.15) is 0 Å². The Labute approximate surface area is 223 Å². The van der Waals surface area contributed by atoms with E-state index >= 15 is 0 Å². The fourth-order valence-electron chi connectivity index (χ4n) is 6.48. The Morgan fingerprint density at radius 2 is 1.78 bits per heavy atom. The number of aliphatic hydroxyl groups excluding tert-OH is 1. The summed E-state index contributed by atoms with van der Waals surface area (Å²) in [5.74, 6) is -1.21. The zero-order chi connectivity index (χ0) is 26.3. The zero-order valence-corrected chi connectivity index (χ0v) is 22.7. The topological polar surface area (TPSA) is 81.2 Å². The van der Waals surface area contributed by atoms with Crippen LogP contribution < -0.4 is 4.90 Å². The molecule has 1 spiro atoms. The molecule has 2 saturated heterocycles. The third-order valence-electron chi connectivity index (χ3n) is 8.32. The zero-order valence-electron chi connectivity index (χ0n) is 21.9. The molecule has 2 fully saturated rings. The van der Waals surface area contributed by atoms with Gasteiger partial charge in [0.2, 0.25) is 11.8 Å². The first-order valence-electron chi connectivity index (χ1n) is 13.4. The van der Waals surface area contributed by atoms with E-state index in [1.807, 2.05) is 49.1 Å². The van der Waals surface area contributed by atoms with Crippen molar-refractivity contribution in [3.05, 3.63) is 53.6 Å². The third-order valence-corrected chi connectivity index (χ3v) is 10.1. The Morgan fingerprint density at radius 3 is 2.57 bits per heavy atom. The number of likely N-dealkylation sites (tertiary alicyclic amines) is 1. The highest BCUT2D eigenvalue weighted by Gasteiger charge is 2.70. The van der Waals surface area contributed by atoms with Crippen molar-refractivity contribution in [2.24, 2.45) is 11.8 Å². The van der Waals surface area contributed by atoms with Gasteiger partial charge in [0.1, 0.15) is 6.04 Å². The van der Waals surface area contributed by atoms with Gasteiger partial charge in [0.25, 0.3) is 5.91 Å². The molecular formula is C29H37N3O4S. The van der Waals surface area contributed by atoms with Gasteiger partial charge in [-0.25, -0.2) is 0 Å². The summed E-state index contributed by atoms with van der Waals surface area (Å²) in [4.78, 5) is 47.5. The van der Waals surface area contributed by atoms with Gasteiger partial charge in [-0.3, -0.25) is 14.4 Å². The van der Waals surface area contributed by atoms with E-state index in [-0.39, 0.29) is 29.6 Å². The molecule has 0 saturated carbocycles. The Balaban J connectivity index is 1.56. The SMILES string of the molecule is Cc1ccc(C)c(N2CC=C[C@]34S[C@@H]5C=CCN(C)C(=O)[C@@H]5[C@H]3C(=O)N(CCCCCCO)C4C2=O)c1. The van der Waals surface area contributed by atoms with E-state index < -0.39 is 22.6 Å². The van der Waals surface area contributed by atoms with Crippen molar-refractivity contribution in [1.82, 2.24) is 9.80 Å². The van der Waals surface area contributed by atoms with Crippen LogP contribution in [0.1, 0.15) is 36.8 Å². The van der Waals surface area contributed by atoms with E-state index in [2.05, 4.69) is 12.2 Å². The van der Waals surface area contributed by atoms with E-state index in [0.717, 1.165) is 42.5 Å². The van der Waals surface area contributed by atoms with Crippen LogP contribution >= 0.6 is 11.8 Å². The minimum absolute atomic E-state index is 0.0160. The third kappa shape index (κ3) is 4.32. The largest absolute Gasteiger partial charge is 0.396 e. The summed E-state index contributed by atoms with van der Waals surface area (Å²) >= 11 is 1.63. The molecule has 1 N–H and O–H groups in total. The standard InChI is InChI=1S/C29H37N3O4S/c1-19-11-12-20(2)21(18-19)31-16-9-13-29-24(23-22(37-29)10-8-14-30(3)26(23)34)27(35)32(25(29)28(31)36)15-6-4-5-7-17-33/h8-13,18,22-25,33H,4-7,14-17H2,1-3H3/t22-,23+,24+,25?,29+/m1/s1. The molecule has 4 aliphatic heterocycles. The predicted octanol–water partition coefficient (Wildman–Crippen LogP) is 3.08. The molecular weight excluding hydrogens is 486 g/mol. The second-order valence-electron chi connectivity index (χ2n) is 10.8. The van der Waals surface area contributed by atoms with Crippen LogP contribution in [-0.4, -0.2) is 82.0 Å². The summed E-state index contributed by atoms with van der Waals surface area (Å²) in [6, 6.07) is 5.46. The fourth-order valence-corrected chi connectivity index (χ4v) is 8.48. The molecule has 0 radical (unpaired) electrons. The highest BCUT2D eigenvalue weighted by molar-refractivity contribution is 8.02. The van der Waals surface area contributed by atoms with Crippen molar-refractivity contribution in [3.8, 4) is 0 Å². The average molecular weight is 524 g/mol. The van der Waals surface area contributed by atoms with E-state index in [9.17, 15) is 14.4 Å². The molecule has 198 valence electrons. The van der Waals surface area contributed by atoms with E-state index in [0.29, 0.717) is 19.6 Å². The van der Waals surface area contributed by atoms with Gasteiger partial charge in [0.05, 0.1) is 16.6 Å². The van der Waals surface area contributed by atoms with Crippen LogP contribution in [0.3, 0.4) is 0 Å². The Hall–Kier alpha value is -2.58. The van der Waals surface area contributed by atoms with Crippen LogP contribution in [0.4, 0.5) is 5.69 Å². The van der Waals surface area contributed by atoms with Crippen molar-refractivity contribution >= 4 is 35.2 Å². The number of thioether (sulfide) groups is 1. The maximum absolute atomic E-state index is 14.5. The lowest BCUT2D eigenvalue weighted by atomic mass is 9.78. The quantitative estimate of drug-likeness (QED) is 0.439. The van der Waals surface area contributed by atoms with Crippen LogP contribution in [0.5, 0.6) is 0 Å². The Kier molecular flexibility index (Phi) is 7.24. The molecule has 7 nitrogen and oxygen atoms in total. The smallest absolute Gasteiger partial charge is 0.251 e. The molecule has 0 bridgehead atoms. The number of benzene rings is 1. The first kappa shape index (κ1) is 26.0. The number of hydrogen-bond acceptors (Lipinski definition) is 5. The monoisotopic (exact) mass is 523 g/mol. The summed E-state index contributed by atoms with van der Waals surface area (Å²) in [6.45, 7) is 5.64. The number of carbonyl (C=O) groups is 3. The molecule has 0 aromatic heterocycles. The maximum atomic E-state index is 14.5. The van der Waals surface area contributed by atoms with Crippen LogP contribution in [-0.2, 0) is 14.4 Å². The van der Waals surface area contributed by atoms with Gasteiger partial charge in [0, 0.05) is 44.2 Å². The van der Waals surface area contributed by atoms with Crippen LogP contribution in [0.15, 0.2) is 42.5 Å². The molecule has 5 atom stereocenters. The van der Waals surface area contributed by atoms with Crippen LogP contribution in [0.2, 0.25) is 0 Å². The minimum atomic E-state index is -0.779. The molecule has 1 unspecified atom stereocenters. The van der Waals surface area contributed by atoms with Crippen molar-refractivity contribution in [1.29, 1.82) is 0 Å². The molecule has 0 aliphatic carbocycles. The molecule has 1 aromatic rings. The summed E-state index contributed by atoms with van der Waals surface area (Å²) in [5, 5.41) is 9.01. The van der Waals surface area contributed by atoms with E-state index in [4.69, 9.17) is 5.11 Å². The Morgan fingerprint density at radius 1 is 1.00 bits per heavy atom. The van der Waals surface area contributed by atoms with Gasteiger partial charge >= 0.3 is 0 Å². The van der Waals surface area contributed by atoms with Crippen molar-refractivity contribution < 1.29 is 19.5 Å². The molecule has 5 rings (SSSR count). The highest BCUT2D eigenvalue weighted by Crippen LogP contribution is 2.61. The summed E-state index contributed by atoms with van der Waals surface area (Å²) in [7, 11) is 1.79. The molecule has 4 heterocycles. The Bertz CT molecular complexity index is 1150. The summed E-state index contributed by atoms with van der Waals surface area (Å²) in [5.41, 5.74) is 2.97. The number of aliphatic hydroxyl groups is 1. The number of rotatable bonds is 7. The van der Waals surface area contributed by atoms with Gasteiger partial charge in [-0.05, 0) is 43.9 Å². The molecule has 1 aromatic carbocycles. The number of fused-ring (bicyclic) bond motifs is 2. The van der Waals surface area contributed by atoms with Crippen molar-refractivity contribution in [2.45, 2.75) is 55.6 Å². The van der Waals surface area contributed by atoms with Gasteiger partial charge in [0.15, 0.2) is 0 Å². The number of carbonyl (C=O) groups excluding carboxylic acids is 3. The van der Waals surface area contributed by atoms with Crippen LogP contribution in [0.25, 0.3) is 0 Å². The lowest BCUT2D eigenvalue weighted by molar-refractivity contribution is -0.142. The average Bonchev–Trinajstić information content (AvgIpc) is 3.19. The molecule has 8 heteroatoms. The fraction of sp³-hybridized carbons (Fsp3) is 0.552. The van der Waals surface area contributed by atoms with Crippen molar-refractivity contribution in [2.75, 3.05) is 38.2 Å². The van der Waals surface area contributed by atoms with Gasteiger partial charge in [-0.1, -0.05) is 49.3 Å². The summed E-state index contributed by atoms with van der Waals surface area (Å²) in [6.07, 6.45) is 11.4. The number of nitrogens with zero attached hydrogens (tertiary/aromatic N) is 3. The normalized spacial score (nSPS) is 30.9. The number of likely N-dealkylation sites (N-methyl/N-ethyl adjacent to an activating group) is 1. The maximum Gasteiger partial charge on any atom is 0.251 e. The van der Waals surface area contributed by atoms with E-state index in [1.165, 1.54) is 0 Å². The van der Waals surface area contributed by atoms with Crippen molar-refractivity contribution in [3.63, 3.8) is 0 Å². The second kappa shape index (κ2) is 10.3. The highest BCUT2D eigenvalue weighted by atomic mass is 32.2. The first-order valence-corrected chi connectivity index (χ1v) is 14.2. The van der Waals surface area contributed by atoms with Gasteiger partial charge in [-0.15, -0.1) is 11.8 Å². The van der Waals surface area contributed by atoms with Gasteiger partial charge < -0.3 is 19.8 Å². The van der Waals surface area contributed by atoms with Crippen LogP contribution in [0, 0.1) is 25.7 Å². The minimum Gasteiger partial charge on any atom is -0.396 e.